The third-order valence-electron chi connectivity index (χ3n) is 4.21. The fraction of sp³-hybridized carbons (Fsp3) is 0.500. The van der Waals surface area contributed by atoms with Gasteiger partial charge in [-0.1, -0.05) is 12.1 Å². The largest absolute Gasteiger partial charge is 0.368 e. The van der Waals surface area contributed by atoms with E-state index in [9.17, 15) is 0 Å². The molecule has 3 rings (SSSR count). The Kier molecular flexibility index (Phi) is 3.92. The number of nitrogens with zero attached hydrogens (tertiary/aromatic N) is 3. The van der Waals surface area contributed by atoms with Crippen molar-refractivity contribution in [1.29, 1.82) is 0 Å². The van der Waals surface area contributed by atoms with Gasteiger partial charge in [-0.2, -0.15) is 4.98 Å². The summed E-state index contributed by atoms with van der Waals surface area (Å²) in [5.41, 5.74) is 0.961. The van der Waals surface area contributed by atoms with Crippen LogP contribution in [0.25, 0.3) is 10.9 Å². The lowest BCUT2D eigenvalue weighted by atomic mass is 10.2. The minimum Gasteiger partial charge on any atom is -0.368 e. The van der Waals surface area contributed by atoms with E-state index in [4.69, 9.17) is 0 Å². The molecule has 1 aliphatic carbocycles. The zero-order chi connectivity index (χ0) is 14.8. The number of benzene rings is 1. The van der Waals surface area contributed by atoms with Gasteiger partial charge in [0, 0.05) is 31.1 Å². The highest BCUT2D eigenvalue weighted by molar-refractivity contribution is 5.89. The number of rotatable bonds is 6. The molecule has 1 aliphatic rings. The number of hydrogen-bond donors (Lipinski definition) is 2. The summed E-state index contributed by atoms with van der Waals surface area (Å²) in [4.78, 5) is 11.5. The highest BCUT2D eigenvalue weighted by Crippen LogP contribution is 2.27. The number of fused-ring (bicyclic) bond motifs is 1. The molecule has 5 nitrogen and oxygen atoms in total. The van der Waals surface area contributed by atoms with Gasteiger partial charge in [0.2, 0.25) is 5.95 Å². The Labute approximate surface area is 125 Å². The molecule has 2 aromatic rings. The lowest BCUT2D eigenvalue weighted by molar-refractivity contribution is 0.257. The predicted octanol–water partition coefficient (Wildman–Crippen LogP) is 2.57. The average Bonchev–Trinajstić information content (AvgIpc) is 3.36. The molecule has 0 amide bonds. The average molecular weight is 285 g/mol. The Balaban J connectivity index is 1.78. The molecule has 0 bridgehead atoms. The van der Waals surface area contributed by atoms with Gasteiger partial charge in [0.25, 0.3) is 0 Å². The van der Waals surface area contributed by atoms with Crippen LogP contribution in [0.1, 0.15) is 19.8 Å². The summed E-state index contributed by atoms with van der Waals surface area (Å²) in [6.45, 7) is 3.14. The minimum atomic E-state index is 0.490. The zero-order valence-electron chi connectivity index (χ0n) is 12.9. The Morgan fingerprint density at radius 1 is 1.29 bits per heavy atom. The smallest absolute Gasteiger partial charge is 0.224 e. The van der Waals surface area contributed by atoms with Crippen LogP contribution in [0.5, 0.6) is 0 Å². The van der Waals surface area contributed by atoms with Gasteiger partial charge in [-0.05, 0) is 38.9 Å². The van der Waals surface area contributed by atoms with Crippen molar-refractivity contribution < 1.29 is 0 Å². The van der Waals surface area contributed by atoms with E-state index in [0.29, 0.717) is 12.0 Å². The van der Waals surface area contributed by atoms with E-state index >= 15 is 0 Å². The maximum atomic E-state index is 4.56. The van der Waals surface area contributed by atoms with Crippen molar-refractivity contribution in [1.82, 2.24) is 14.9 Å². The first kappa shape index (κ1) is 14.1. The molecule has 5 heteroatoms. The van der Waals surface area contributed by atoms with Gasteiger partial charge in [0.05, 0.1) is 5.52 Å². The Hall–Kier alpha value is -1.88. The molecular formula is C16H23N5. The number of likely N-dealkylation sites (N-methyl/N-ethyl adjacent to an activating group) is 1. The lowest BCUT2D eigenvalue weighted by Crippen LogP contribution is -2.36. The maximum absolute atomic E-state index is 4.56. The molecule has 1 saturated carbocycles. The van der Waals surface area contributed by atoms with Gasteiger partial charge in [0.15, 0.2) is 0 Å². The monoisotopic (exact) mass is 285 g/mol. The summed E-state index contributed by atoms with van der Waals surface area (Å²) in [7, 11) is 4.05. The van der Waals surface area contributed by atoms with Crippen molar-refractivity contribution in [3.63, 3.8) is 0 Å². The molecule has 1 atom stereocenters. The molecule has 112 valence electrons. The number of aromatic nitrogens is 2. The second-order valence-electron chi connectivity index (χ2n) is 5.79. The standard InChI is InChI=1S/C16H23N5/c1-11(21(3)12-8-9-12)10-18-15-13-6-4-5-7-14(13)19-16(17-2)20-15/h4-7,11-12H,8-10H2,1-3H3,(H2,17,18,19,20). The van der Waals surface area contributed by atoms with E-state index in [2.05, 4.69) is 45.5 Å². The van der Waals surface area contributed by atoms with Crippen LogP contribution in [0.15, 0.2) is 24.3 Å². The van der Waals surface area contributed by atoms with Crippen molar-refractivity contribution >= 4 is 22.7 Å². The first-order valence-electron chi connectivity index (χ1n) is 7.59. The molecule has 0 spiro atoms. The van der Waals surface area contributed by atoms with E-state index in [1.165, 1.54) is 12.8 Å². The van der Waals surface area contributed by atoms with Crippen LogP contribution in [0.2, 0.25) is 0 Å². The summed E-state index contributed by atoms with van der Waals surface area (Å²) in [6, 6.07) is 9.37. The number of anilines is 2. The molecular weight excluding hydrogens is 262 g/mol. The van der Waals surface area contributed by atoms with E-state index in [1.807, 2.05) is 25.2 Å². The second kappa shape index (κ2) is 5.85. The Morgan fingerprint density at radius 2 is 2.05 bits per heavy atom. The molecule has 1 aromatic carbocycles. The van der Waals surface area contributed by atoms with Gasteiger partial charge in [-0.3, -0.25) is 4.90 Å². The van der Waals surface area contributed by atoms with E-state index < -0.39 is 0 Å². The summed E-state index contributed by atoms with van der Waals surface area (Å²) in [5.74, 6) is 1.56. The zero-order valence-corrected chi connectivity index (χ0v) is 12.9. The van der Waals surface area contributed by atoms with Gasteiger partial charge in [0.1, 0.15) is 5.82 Å². The molecule has 0 aliphatic heterocycles. The van der Waals surface area contributed by atoms with Crippen LogP contribution in [0.3, 0.4) is 0 Å². The van der Waals surface area contributed by atoms with Gasteiger partial charge >= 0.3 is 0 Å². The van der Waals surface area contributed by atoms with Crippen molar-refractivity contribution in [3.8, 4) is 0 Å². The van der Waals surface area contributed by atoms with Crippen LogP contribution in [-0.4, -0.2) is 47.6 Å². The van der Waals surface area contributed by atoms with Gasteiger partial charge in [-0.25, -0.2) is 4.98 Å². The van der Waals surface area contributed by atoms with Crippen LogP contribution < -0.4 is 10.6 Å². The van der Waals surface area contributed by atoms with E-state index in [1.54, 1.807) is 0 Å². The van der Waals surface area contributed by atoms with Crippen LogP contribution in [0.4, 0.5) is 11.8 Å². The summed E-state index contributed by atoms with van der Waals surface area (Å²) in [5, 5.41) is 7.59. The molecule has 1 aromatic heterocycles. The summed E-state index contributed by atoms with van der Waals surface area (Å²) >= 11 is 0. The predicted molar refractivity (Wildman–Crippen MR) is 87.8 cm³/mol. The van der Waals surface area contributed by atoms with Crippen molar-refractivity contribution in [2.24, 2.45) is 0 Å². The molecule has 1 heterocycles. The summed E-state index contributed by atoms with van der Waals surface area (Å²) in [6.07, 6.45) is 2.67. The third kappa shape index (κ3) is 3.08. The topological polar surface area (TPSA) is 53.1 Å². The molecule has 1 fully saturated rings. The van der Waals surface area contributed by atoms with E-state index in [0.717, 1.165) is 29.3 Å². The van der Waals surface area contributed by atoms with Crippen molar-refractivity contribution in [2.45, 2.75) is 31.8 Å². The van der Waals surface area contributed by atoms with Gasteiger partial charge in [-0.15, -0.1) is 0 Å². The molecule has 0 saturated heterocycles. The van der Waals surface area contributed by atoms with Crippen LogP contribution in [-0.2, 0) is 0 Å². The number of hydrogen-bond acceptors (Lipinski definition) is 5. The molecule has 0 radical (unpaired) electrons. The quantitative estimate of drug-likeness (QED) is 0.854. The highest BCUT2D eigenvalue weighted by atomic mass is 15.2. The maximum Gasteiger partial charge on any atom is 0.224 e. The van der Waals surface area contributed by atoms with Gasteiger partial charge < -0.3 is 10.6 Å². The Bertz CT molecular complexity index is 623. The van der Waals surface area contributed by atoms with E-state index in [-0.39, 0.29) is 0 Å². The highest BCUT2D eigenvalue weighted by Gasteiger charge is 2.28. The normalized spacial score (nSPS) is 16.2. The Morgan fingerprint density at radius 3 is 2.76 bits per heavy atom. The van der Waals surface area contributed by atoms with Crippen LogP contribution in [0, 0.1) is 0 Å². The fourth-order valence-corrected chi connectivity index (χ4v) is 2.55. The lowest BCUT2D eigenvalue weighted by Gasteiger charge is -2.25. The molecule has 1 unspecified atom stereocenters. The number of nitrogens with one attached hydrogen (secondary N) is 2. The molecule has 21 heavy (non-hydrogen) atoms. The summed E-state index contributed by atoms with van der Waals surface area (Å²) < 4.78 is 0. The van der Waals surface area contributed by atoms with Crippen molar-refractivity contribution in [3.05, 3.63) is 24.3 Å². The first-order chi connectivity index (χ1) is 10.2. The number of para-hydroxylation sites is 1. The van der Waals surface area contributed by atoms with Crippen LogP contribution >= 0.6 is 0 Å². The second-order valence-corrected chi connectivity index (χ2v) is 5.79. The SMILES string of the molecule is CNc1nc(NCC(C)N(C)C2CC2)c2ccccc2n1. The molecule has 2 N–H and O–H groups in total. The fourth-order valence-electron chi connectivity index (χ4n) is 2.55. The minimum absolute atomic E-state index is 0.490. The van der Waals surface area contributed by atoms with Crippen molar-refractivity contribution in [2.75, 3.05) is 31.3 Å². The third-order valence-corrected chi connectivity index (χ3v) is 4.21. The first-order valence-corrected chi connectivity index (χ1v) is 7.59.